The molecule has 0 radical (unpaired) electrons. The second-order valence-electron chi connectivity index (χ2n) is 9.22. The van der Waals surface area contributed by atoms with Crippen LogP contribution in [0.25, 0.3) is 11.4 Å². The van der Waals surface area contributed by atoms with Crippen molar-refractivity contribution in [2.75, 3.05) is 6.54 Å². The van der Waals surface area contributed by atoms with Gasteiger partial charge in [-0.25, -0.2) is 14.6 Å². The third-order valence-corrected chi connectivity index (χ3v) is 5.40. The number of carbonyl (C=O) groups is 3. The number of rotatable bonds is 5. The molecule has 11 heteroatoms. The van der Waals surface area contributed by atoms with Crippen molar-refractivity contribution in [2.45, 2.75) is 53.2 Å². The van der Waals surface area contributed by atoms with E-state index in [1.54, 1.807) is 20.8 Å². The maximum absolute atomic E-state index is 13.4. The van der Waals surface area contributed by atoms with Crippen LogP contribution in [0.5, 0.6) is 0 Å². The molecule has 4 N–H and O–H groups in total. The first-order valence-corrected chi connectivity index (χ1v) is 10.9. The minimum absolute atomic E-state index is 0.000781. The predicted octanol–water partition coefficient (Wildman–Crippen LogP) is 2.41. The zero-order chi connectivity index (χ0) is 25.0. The van der Waals surface area contributed by atoms with Gasteiger partial charge in [0.1, 0.15) is 17.7 Å². The Morgan fingerprint density at radius 2 is 1.88 bits per heavy atom. The third-order valence-electron chi connectivity index (χ3n) is 5.40. The molecular formula is C23H30N6O5. The van der Waals surface area contributed by atoms with Gasteiger partial charge in [0, 0.05) is 18.7 Å². The lowest BCUT2D eigenvalue weighted by atomic mass is 9.86. The first-order valence-electron chi connectivity index (χ1n) is 10.9. The summed E-state index contributed by atoms with van der Waals surface area (Å²) >= 11 is 0. The average Bonchev–Trinajstić information content (AvgIpc) is 2.98. The number of nitrogens with one attached hydrogen (secondary N) is 1. The number of hydrogen-bond donors (Lipinski definition) is 3. The van der Waals surface area contributed by atoms with E-state index >= 15 is 0 Å². The van der Waals surface area contributed by atoms with E-state index in [0.29, 0.717) is 31.0 Å². The normalized spacial score (nSPS) is 15.2. The van der Waals surface area contributed by atoms with Gasteiger partial charge in [0.05, 0.1) is 12.2 Å². The first kappa shape index (κ1) is 24.7. The van der Waals surface area contributed by atoms with E-state index in [-0.39, 0.29) is 18.1 Å². The number of nitrogens with zero attached hydrogens (tertiary/aromatic N) is 4. The van der Waals surface area contributed by atoms with E-state index < -0.39 is 29.4 Å². The van der Waals surface area contributed by atoms with Crippen LogP contribution in [0.4, 0.5) is 4.79 Å². The number of benzene rings is 1. The van der Waals surface area contributed by atoms with Crippen molar-refractivity contribution < 1.29 is 24.3 Å². The highest BCUT2D eigenvalue weighted by atomic mass is 16.7. The summed E-state index contributed by atoms with van der Waals surface area (Å²) in [6.45, 7) is 7.61. The number of hydrogen-bond acceptors (Lipinski definition) is 6. The Hall–Kier alpha value is -3.89. The molecular weight excluding hydrogens is 440 g/mol. The highest BCUT2D eigenvalue weighted by Gasteiger charge is 2.37. The molecule has 0 spiro atoms. The van der Waals surface area contributed by atoms with E-state index in [9.17, 15) is 19.5 Å². The van der Waals surface area contributed by atoms with Gasteiger partial charge in [0.15, 0.2) is 5.69 Å². The number of amides is 2. The fraction of sp³-hybridized carbons (Fsp3) is 0.435. The largest absolute Gasteiger partial charge is 0.465 e. The molecule has 182 valence electrons. The second-order valence-corrected chi connectivity index (χ2v) is 9.22. The summed E-state index contributed by atoms with van der Waals surface area (Å²) in [6, 6.07) is 8.30. The van der Waals surface area contributed by atoms with Gasteiger partial charge in [-0.3, -0.25) is 4.79 Å². The topological polar surface area (TPSA) is 152 Å². The highest BCUT2D eigenvalue weighted by molar-refractivity contribution is 5.97. The van der Waals surface area contributed by atoms with E-state index in [1.165, 1.54) is 11.8 Å². The van der Waals surface area contributed by atoms with E-state index in [1.807, 2.05) is 34.9 Å². The fourth-order valence-corrected chi connectivity index (χ4v) is 3.72. The molecule has 34 heavy (non-hydrogen) atoms. The molecule has 1 aliphatic heterocycles. The molecule has 1 atom stereocenters. The Morgan fingerprint density at radius 1 is 1.21 bits per heavy atom. The van der Waals surface area contributed by atoms with Crippen molar-refractivity contribution >= 4 is 23.8 Å². The molecule has 2 amide bonds. The number of oxime groups is 1. The average molecular weight is 471 g/mol. The van der Waals surface area contributed by atoms with Crippen molar-refractivity contribution in [3.63, 3.8) is 0 Å². The van der Waals surface area contributed by atoms with Gasteiger partial charge in [-0.1, -0.05) is 56.3 Å². The summed E-state index contributed by atoms with van der Waals surface area (Å²) < 4.78 is 1.87. The van der Waals surface area contributed by atoms with Crippen LogP contribution >= 0.6 is 0 Å². The van der Waals surface area contributed by atoms with E-state index in [2.05, 4.69) is 15.5 Å². The van der Waals surface area contributed by atoms with Crippen LogP contribution in [-0.4, -0.2) is 55.9 Å². The second kappa shape index (κ2) is 9.94. The summed E-state index contributed by atoms with van der Waals surface area (Å²) in [6.07, 6.45) is -0.502. The lowest BCUT2D eigenvalue weighted by Crippen LogP contribution is -2.50. The number of aromatic nitrogens is 2. The van der Waals surface area contributed by atoms with Gasteiger partial charge in [0.25, 0.3) is 5.91 Å². The van der Waals surface area contributed by atoms with Gasteiger partial charge in [-0.15, -0.1) is 0 Å². The number of imidazole rings is 1. The molecule has 0 aliphatic carbocycles. The van der Waals surface area contributed by atoms with Crippen LogP contribution in [0.15, 0.2) is 35.5 Å². The maximum Gasteiger partial charge on any atom is 0.407 e. The lowest BCUT2D eigenvalue weighted by Gasteiger charge is -2.28. The quantitative estimate of drug-likeness (QED) is 0.263. The minimum Gasteiger partial charge on any atom is -0.465 e. The van der Waals surface area contributed by atoms with Crippen molar-refractivity contribution in [1.82, 2.24) is 19.8 Å². The van der Waals surface area contributed by atoms with Crippen molar-refractivity contribution in [3.8, 4) is 11.4 Å². The number of amidine groups is 1. The van der Waals surface area contributed by atoms with Crippen LogP contribution in [0, 0.1) is 5.41 Å². The molecule has 2 aromatic rings. The summed E-state index contributed by atoms with van der Waals surface area (Å²) in [5, 5.41) is 15.8. The van der Waals surface area contributed by atoms with Crippen LogP contribution in [-0.2, 0) is 22.7 Å². The smallest absolute Gasteiger partial charge is 0.407 e. The van der Waals surface area contributed by atoms with Crippen LogP contribution in [0.2, 0.25) is 0 Å². The molecule has 0 fully saturated rings. The molecule has 1 aliphatic rings. The number of nitrogens with two attached hydrogens (primary N) is 1. The molecule has 0 saturated heterocycles. The summed E-state index contributed by atoms with van der Waals surface area (Å²) in [5.74, 6) is -0.755. The van der Waals surface area contributed by atoms with Gasteiger partial charge in [-0.05, 0) is 18.8 Å². The van der Waals surface area contributed by atoms with Gasteiger partial charge in [0.2, 0.25) is 0 Å². The fourth-order valence-electron chi connectivity index (χ4n) is 3.72. The van der Waals surface area contributed by atoms with Crippen molar-refractivity contribution in [2.24, 2.45) is 16.3 Å². The minimum atomic E-state index is -1.08. The zero-order valence-corrected chi connectivity index (χ0v) is 19.7. The molecule has 2 heterocycles. The molecule has 1 aromatic heterocycles. The van der Waals surface area contributed by atoms with Gasteiger partial charge < -0.3 is 30.5 Å². The Kier molecular flexibility index (Phi) is 7.23. The molecule has 0 bridgehead atoms. The van der Waals surface area contributed by atoms with Crippen molar-refractivity contribution in [3.05, 3.63) is 41.7 Å². The van der Waals surface area contributed by atoms with Crippen LogP contribution in [0.1, 0.15) is 50.3 Å². The van der Waals surface area contributed by atoms with Crippen LogP contribution < -0.4 is 11.1 Å². The molecule has 1 aromatic carbocycles. The molecule has 11 nitrogen and oxygen atoms in total. The maximum atomic E-state index is 13.4. The number of fused-ring (bicyclic) bond motifs is 1. The standard InChI is InChI=1S/C23H30N6O5/c1-14(24)27-34-21(31)18(23(2,3)4)26-20(30)17-16-13-28(22(32)33)11-8-12-29(16)19(25-17)15-9-6-5-7-10-15/h5-7,9-10,18H,8,11-13H2,1-4H3,(H2,24,27)(H,26,30)(H,32,33). The molecule has 1 unspecified atom stereocenters. The predicted molar refractivity (Wildman–Crippen MR) is 125 cm³/mol. The molecule has 3 rings (SSSR count). The lowest BCUT2D eigenvalue weighted by molar-refractivity contribution is -0.148. The Morgan fingerprint density at radius 3 is 2.47 bits per heavy atom. The van der Waals surface area contributed by atoms with Gasteiger partial charge >= 0.3 is 12.1 Å². The van der Waals surface area contributed by atoms with E-state index in [0.717, 1.165) is 5.56 Å². The van der Waals surface area contributed by atoms with Crippen LogP contribution in [0.3, 0.4) is 0 Å². The number of carboxylic acid groups (broad SMARTS) is 1. The summed E-state index contributed by atoms with van der Waals surface area (Å²) in [7, 11) is 0. The Bertz CT molecular complexity index is 1100. The monoisotopic (exact) mass is 470 g/mol. The number of carbonyl (C=O) groups excluding carboxylic acids is 2. The van der Waals surface area contributed by atoms with Gasteiger partial charge in [-0.2, -0.15) is 0 Å². The summed E-state index contributed by atoms with van der Waals surface area (Å²) in [4.78, 5) is 48.5. The molecule has 0 saturated carbocycles. The third kappa shape index (κ3) is 5.53. The first-order chi connectivity index (χ1) is 16.0. The highest BCUT2D eigenvalue weighted by Crippen LogP contribution is 2.27. The van der Waals surface area contributed by atoms with E-state index in [4.69, 9.17) is 10.6 Å². The SMILES string of the molecule is C/C(N)=N/OC(=O)C(NC(=O)c1nc(-c2ccccc2)n2c1CN(C(=O)O)CCC2)C(C)(C)C. The Labute approximate surface area is 197 Å². The Balaban J connectivity index is 2.02. The zero-order valence-electron chi connectivity index (χ0n) is 19.7. The van der Waals surface area contributed by atoms with Crippen molar-refractivity contribution in [1.29, 1.82) is 0 Å². The summed E-state index contributed by atoms with van der Waals surface area (Å²) in [5.41, 5.74) is 6.06.